The zero-order valence-electron chi connectivity index (χ0n) is 7.83. The van der Waals surface area contributed by atoms with Gasteiger partial charge in [0.2, 0.25) is 10.0 Å². The van der Waals surface area contributed by atoms with Crippen molar-refractivity contribution in [2.45, 2.75) is 13.3 Å². The summed E-state index contributed by atoms with van der Waals surface area (Å²) in [6.45, 7) is 2.03. The Kier molecular flexibility index (Phi) is 3.95. The van der Waals surface area contributed by atoms with E-state index in [1.807, 2.05) is 25.1 Å². The van der Waals surface area contributed by atoms with Crippen molar-refractivity contribution in [3.8, 4) is 0 Å². The molecule has 14 heavy (non-hydrogen) atoms. The molecule has 0 unspecified atom stereocenters. The standard InChI is InChI=1S/C9H12BrNO2S/c1-2-8-4-3-5-9(6-8)11-14(12,13)7-10/h3-6,11H,2,7H2,1H3. The molecular weight excluding hydrogens is 266 g/mol. The van der Waals surface area contributed by atoms with E-state index in [2.05, 4.69) is 20.7 Å². The summed E-state index contributed by atoms with van der Waals surface area (Å²) >= 11 is 2.91. The molecule has 1 rings (SSSR count). The maximum Gasteiger partial charge on any atom is 0.242 e. The Hall–Kier alpha value is -0.550. The van der Waals surface area contributed by atoms with E-state index in [9.17, 15) is 8.42 Å². The van der Waals surface area contributed by atoms with Gasteiger partial charge in [-0.15, -0.1) is 0 Å². The molecule has 3 nitrogen and oxygen atoms in total. The van der Waals surface area contributed by atoms with Crippen LogP contribution in [0.1, 0.15) is 12.5 Å². The van der Waals surface area contributed by atoms with Gasteiger partial charge in [0.15, 0.2) is 0 Å². The minimum atomic E-state index is -3.23. The highest BCUT2D eigenvalue weighted by Crippen LogP contribution is 2.13. The first-order valence-corrected chi connectivity index (χ1v) is 7.00. The minimum absolute atomic E-state index is 0.0870. The van der Waals surface area contributed by atoms with Gasteiger partial charge in [0.05, 0.1) is 0 Å². The Labute approximate surface area is 92.7 Å². The van der Waals surface area contributed by atoms with Gasteiger partial charge in [0, 0.05) is 5.69 Å². The lowest BCUT2D eigenvalue weighted by molar-refractivity contribution is 0.606. The van der Waals surface area contributed by atoms with Crippen molar-refractivity contribution < 1.29 is 8.42 Å². The van der Waals surface area contributed by atoms with E-state index >= 15 is 0 Å². The van der Waals surface area contributed by atoms with E-state index in [-0.39, 0.29) is 4.66 Å². The number of halogens is 1. The van der Waals surface area contributed by atoms with Crippen molar-refractivity contribution in [1.29, 1.82) is 0 Å². The topological polar surface area (TPSA) is 46.2 Å². The summed E-state index contributed by atoms with van der Waals surface area (Å²) in [5, 5.41) is 0. The predicted octanol–water partition coefficient (Wildman–Crippen LogP) is 2.34. The number of anilines is 1. The van der Waals surface area contributed by atoms with Crippen LogP contribution in [0.25, 0.3) is 0 Å². The second-order valence-electron chi connectivity index (χ2n) is 2.88. The van der Waals surface area contributed by atoms with E-state index in [0.717, 1.165) is 12.0 Å². The fourth-order valence-electron chi connectivity index (χ4n) is 1.06. The van der Waals surface area contributed by atoms with Crippen LogP contribution in [0.2, 0.25) is 0 Å². The monoisotopic (exact) mass is 277 g/mol. The SMILES string of the molecule is CCc1cccc(NS(=O)(=O)CBr)c1. The molecule has 0 aliphatic rings. The third-order valence-corrected chi connectivity index (χ3v) is 4.39. The van der Waals surface area contributed by atoms with E-state index in [1.54, 1.807) is 6.07 Å². The second-order valence-corrected chi connectivity index (χ2v) is 5.91. The lowest BCUT2D eigenvalue weighted by Crippen LogP contribution is -2.13. The number of hydrogen-bond acceptors (Lipinski definition) is 2. The first-order valence-electron chi connectivity index (χ1n) is 4.23. The minimum Gasteiger partial charge on any atom is -0.283 e. The van der Waals surface area contributed by atoms with Gasteiger partial charge in [0.25, 0.3) is 0 Å². The van der Waals surface area contributed by atoms with Gasteiger partial charge in [0.1, 0.15) is 4.66 Å². The van der Waals surface area contributed by atoms with E-state index in [4.69, 9.17) is 0 Å². The molecule has 0 saturated heterocycles. The summed E-state index contributed by atoms with van der Waals surface area (Å²) in [6, 6.07) is 7.37. The van der Waals surface area contributed by atoms with Crippen LogP contribution in [-0.4, -0.2) is 13.1 Å². The van der Waals surface area contributed by atoms with Gasteiger partial charge in [-0.2, -0.15) is 0 Å². The molecule has 5 heteroatoms. The number of alkyl halides is 1. The fourth-order valence-corrected chi connectivity index (χ4v) is 1.95. The van der Waals surface area contributed by atoms with Gasteiger partial charge < -0.3 is 0 Å². The number of rotatable bonds is 4. The predicted molar refractivity (Wildman–Crippen MR) is 62.2 cm³/mol. The van der Waals surface area contributed by atoms with Crippen LogP contribution in [0.3, 0.4) is 0 Å². The molecule has 0 amide bonds. The third-order valence-electron chi connectivity index (χ3n) is 1.75. The summed E-state index contributed by atoms with van der Waals surface area (Å²) < 4.78 is 24.8. The molecule has 0 fully saturated rings. The van der Waals surface area contributed by atoms with Crippen molar-refractivity contribution in [3.05, 3.63) is 29.8 Å². The molecule has 0 aromatic heterocycles. The third kappa shape index (κ3) is 3.31. The van der Waals surface area contributed by atoms with Gasteiger partial charge in [-0.3, -0.25) is 4.72 Å². The molecule has 0 saturated carbocycles. The Balaban J connectivity index is 2.87. The highest BCUT2D eigenvalue weighted by atomic mass is 79.9. The van der Waals surface area contributed by atoms with Crippen molar-refractivity contribution in [2.24, 2.45) is 0 Å². The Morgan fingerprint density at radius 1 is 1.43 bits per heavy atom. The highest BCUT2D eigenvalue weighted by molar-refractivity contribution is 9.10. The quantitative estimate of drug-likeness (QED) is 0.859. The van der Waals surface area contributed by atoms with Crippen molar-refractivity contribution in [1.82, 2.24) is 0 Å². The second kappa shape index (κ2) is 4.79. The average Bonchev–Trinajstić information content (AvgIpc) is 2.17. The number of hydrogen-bond donors (Lipinski definition) is 1. The highest BCUT2D eigenvalue weighted by Gasteiger charge is 2.07. The molecule has 0 aliphatic carbocycles. The summed E-state index contributed by atoms with van der Waals surface area (Å²) in [6.07, 6.45) is 0.893. The van der Waals surface area contributed by atoms with Crippen LogP contribution in [0, 0.1) is 0 Å². The van der Waals surface area contributed by atoms with Gasteiger partial charge in [-0.1, -0.05) is 35.0 Å². The van der Waals surface area contributed by atoms with Crippen LogP contribution < -0.4 is 4.72 Å². The van der Waals surface area contributed by atoms with Crippen molar-refractivity contribution in [3.63, 3.8) is 0 Å². The molecule has 0 aliphatic heterocycles. The summed E-state index contributed by atoms with van der Waals surface area (Å²) in [4.78, 5) is 0. The Morgan fingerprint density at radius 2 is 2.14 bits per heavy atom. The zero-order chi connectivity index (χ0) is 10.6. The Bertz CT molecular complexity index is 403. The fraction of sp³-hybridized carbons (Fsp3) is 0.333. The zero-order valence-corrected chi connectivity index (χ0v) is 10.2. The average molecular weight is 278 g/mol. The molecule has 1 aromatic rings. The lowest BCUT2D eigenvalue weighted by atomic mass is 10.1. The Morgan fingerprint density at radius 3 is 2.71 bits per heavy atom. The number of nitrogens with one attached hydrogen (secondary N) is 1. The maximum absolute atomic E-state index is 11.2. The molecule has 0 radical (unpaired) electrons. The molecule has 78 valence electrons. The summed E-state index contributed by atoms with van der Waals surface area (Å²) in [7, 11) is -3.23. The lowest BCUT2D eigenvalue weighted by Gasteiger charge is -2.06. The molecule has 1 aromatic carbocycles. The van der Waals surface area contributed by atoms with Crippen LogP contribution in [0.5, 0.6) is 0 Å². The molecule has 0 spiro atoms. The number of sulfonamides is 1. The van der Waals surface area contributed by atoms with E-state index in [1.165, 1.54) is 0 Å². The normalized spacial score (nSPS) is 11.3. The summed E-state index contributed by atoms with van der Waals surface area (Å²) in [5.74, 6) is 0. The van der Waals surface area contributed by atoms with Crippen LogP contribution in [-0.2, 0) is 16.4 Å². The maximum atomic E-state index is 11.2. The number of aryl methyl sites for hydroxylation is 1. The van der Waals surface area contributed by atoms with Gasteiger partial charge in [-0.05, 0) is 24.1 Å². The van der Waals surface area contributed by atoms with Gasteiger partial charge in [-0.25, -0.2) is 8.42 Å². The first kappa shape index (κ1) is 11.5. The van der Waals surface area contributed by atoms with Gasteiger partial charge >= 0.3 is 0 Å². The van der Waals surface area contributed by atoms with Crippen molar-refractivity contribution >= 4 is 31.6 Å². The van der Waals surface area contributed by atoms with Crippen LogP contribution >= 0.6 is 15.9 Å². The molecule has 0 heterocycles. The van der Waals surface area contributed by atoms with Crippen LogP contribution in [0.15, 0.2) is 24.3 Å². The van der Waals surface area contributed by atoms with Crippen molar-refractivity contribution in [2.75, 3.05) is 9.38 Å². The van der Waals surface area contributed by atoms with Crippen LogP contribution in [0.4, 0.5) is 5.69 Å². The molecular formula is C9H12BrNO2S. The summed E-state index contributed by atoms with van der Waals surface area (Å²) in [5.41, 5.74) is 1.73. The number of benzene rings is 1. The molecule has 0 atom stereocenters. The first-order chi connectivity index (χ1) is 6.57. The van der Waals surface area contributed by atoms with E-state index in [0.29, 0.717) is 5.69 Å². The largest absolute Gasteiger partial charge is 0.283 e. The molecule has 0 bridgehead atoms. The van der Waals surface area contributed by atoms with E-state index < -0.39 is 10.0 Å². The molecule has 1 N–H and O–H groups in total. The smallest absolute Gasteiger partial charge is 0.242 e.